The molecule has 0 unspecified atom stereocenters. The third-order valence-corrected chi connectivity index (χ3v) is 2.45. The number of rotatable bonds is 3. The van der Waals surface area contributed by atoms with Crippen LogP contribution in [0.2, 0.25) is 0 Å². The van der Waals surface area contributed by atoms with Crippen LogP contribution in [0.1, 0.15) is 43.6 Å². The maximum Gasteiger partial charge on any atom is 0.269 e. The Morgan fingerprint density at radius 2 is 1.23 bits per heavy atom. The lowest BCUT2D eigenvalue weighted by Gasteiger charge is -2.00. The monoisotopic (exact) mass is 305 g/mol. The smallest absolute Gasteiger partial charge is 0.269 e. The van der Waals surface area contributed by atoms with Gasteiger partial charge in [-0.05, 0) is 36.4 Å². The Hall–Kier alpha value is -2.56. The lowest BCUT2D eigenvalue weighted by Crippen LogP contribution is -2.01. The van der Waals surface area contributed by atoms with Crippen LogP contribution in [0.4, 0.5) is 10.1 Å². The molecule has 0 atom stereocenters. The number of non-ortho nitro benzene ring substituents is 1. The van der Waals surface area contributed by atoms with Crippen molar-refractivity contribution in [2.24, 2.45) is 0 Å². The Morgan fingerprint density at radius 1 is 0.864 bits per heavy atom. The van der Waals surface area contributed by atoms with Gasteiger partial charge in [0, 0.05) is 23.3 Å². The third-order valence-electron chi connectivity index (χ3n) is 2.45. The lowest BCUT2D eigenvalue weighted by atomic mass is 10.0. The van der Waals surface area contributed by atoms with Gasteiger partial charge in [0.2, 0.25) is 0 Å². The summed E-state index contributed by atoms with van der Waals surface area (Å²) >= 11 is 0. The highest BCUT2D eigenvalue weighted by Gasteiger charge is 2.11. The fourth-order valence-electron chi connectivity index (χ4n) is 1.50. The molecular weight excluding hydrogens is 285 g/mol. The molecule has 0 aliphatic rings. The third kappa shape index (κ3) is 5.44. The number of nitro groups is 1. The van der Waals surface area contributed by atoms with E-state index in [1.165, 1.54) is 48.5 Å². The molecule has 5 heteroatoms. The van der Waals surface area contributed by atoms with Crippen molar-refractivity contribution in [2.45, 2.75) is 27.7 Å². The minimum Gasteiger partial charge on any atom is -0.289 e. The maximum atomic E-state index is 12.7. The molecule has 2 aromatic carbocycles. The maximum absolute atomic E-state index is 12.7. The van der Waals surface area contributed by atoms with E-state index in [0.717, 1.165) is 0 Å². The summed E-state index contributed by atoms with van der Waals surface area (Å²) < 4.78 is 12.7. The Morgan fingerprint density at radius 3 is 1.59 bits per heavy atom. The number of ketones is 1. The standard InChI is InChI=1S/C13H8FNO3.2C2H6/c14-11-5-1-9(2-6-11)13(16)10-3-7-12(8-4-10)15(17)18;2*1-2/h1-8H;2*1-2H3. The molecule has 0 spiro atoms. The molecule has 0 radical (unpaired) electrons. The summed E-state index contributed by atoms with van der Waals surface area (Å²) in [5, 5.41) is 10.5. The van der Waals surface area contributed by atoms with Crippen LogP contribution in [-0.2, 0) is 0 Å². The van der Waals surface area contributed by atoms with E-state index in [1.54, 1.807) is 0 Å². The van der Waals surface area contributed by atoms with Crippen molar-refractivity contribution in [3.8, 4) is 0 Å². The van der Waals surface area contributed by atoms with Crippen molar-refractivity contribution in [1.82, 2.24) is 0 Å². The second kappa shape index (κ2) is 10.2. The predicted octanol–water partition coefficient (Wildman–Crippen LogP) is 5.02. The molecule has 0 N–H and O–H groups in total. The van der Waals surface area contributed by atoms with Gasteiger partial charge in [-0.2, -0.15) is 0 Å². The van der Waals surface area contributed by atoms with Gasteiger partial charge in [-0.25, -0.2) is 4.39 Å². The Bertz CT molecular complexity index is 592. The van der Waals surface area contributed by atoms with Crippen LogP contribution in [0.25, 0.3) is 0 Å². The van der Waals surface area contributed by atoms with Gasteiger partial charge in [0.05, 0.1) is 4.92 Å². The van der Waals surface area contributed by atoms with Gasteiger partial charge in [-0.15, -0.1) is 0 Å². The first-order chi connectivity index (χ1) is 10.6. The SMILES string of the molecule is CC.CC.O=C(c1ccc(F)cc1)c1ccc([N+](=O)[O-])cc1. The summed E-state index contributed by atoms with van der Waals surface area (Å²) in [5.41, 5.74) is 0.586. The van der Waals surface area contributed by atoms with Gasteiger partial charge in [0.25, 0.3) is 5.69 Å². The van der Waals surface area contributed by atoms with Crippen molar-refractivity contribution >= 4 is 11.5 Å². The quantitative estimate of drug-likeness (QED) is 0.454. The first kappa shape index (κ1) is 19.4. The summed E-state index contributed by atoms with van der Waals surface area (Å²) in [7, 11) is 0. The molecule has 22 heavy (non-hydrogen) atoms. The van der Waals surface area contributed by atoms with Gasteiger partial charge < -0.3 is 0 Å². The second-order valence-corrected chi connectivity index (χ2v) is 3.64. The summed E-state index contributed by atoms with van der Waals surface area (Å²) in [6, 6.07) is 10.4. The topological polar surface area (TPSA) is 60.2 Å². The molecule has 0 bridgehead atoms. The normalized spacial score (nSPS) is 8.77. The zero-order valence-electron chi connectivity index (χ0n) is 13.2. The predicted molar refractivity (Wildman–Crippen MR) is 85.6 cm³/mol. The molecule has 0 saturated carbocycles. The van der Waals surface area contributed by atoms with E-state index in [2.05, 4.69) is 0 Å². The van der Waals surface area contributed by atoms with Gasteiger partial charge in [-0.3, -0.25) is 14.9 Å². The van der Waals surface area contributed by atoms with E-state index in [0.29, 0.717) is 11.1 Å². The van der Waals surface area contributed by atoms with Crippen molar-refractivity contribution < 1.29 is 14.1 Å². The number of halogens is 1. The van der Waals surface area contributed by atoms with Crippen molar-refractivity contribution in [2.75, 3.05) is 0 Å². The van der Waals surface area contributed by atoms with Crippen LogP contribution in [0, 0.1) is 15.9 Å². The fourth-order valence-corrected chi connectivity index (χ4v) is 1.50. The van der Waals surface area contributed by atoms with Gasteiger partial charge in [0.1, 0.15) is 5.82 Å². The molecule has 0 fully saturated rings. The summed E-state index contributed by atoms with van der Waals surface area (Å²) in [6.07, 6.45) is 0. The fraction of sp³-hybridized carbons (Fsp3) is 0.235. The minimum atomic E-state index is -0.536. The molecule has 2 aromatic rings. The van der Waals surface area contributed by atoms with E-state index in [9.17, 15) is 19.3 Å². The van der Waals surface area contributed by atoms with E-state index in [1.807, 2.05) is 27.7 Å². The van der Waals surface area contributed by atoms with Crippen molar-refractivity contribution in [3.05, 3.63) is 75.6 Å². The first-order valence-electron chi connectivity index (χ1n) is 7.12. The number of carbonyl (C=O) groups is 1. The molecule has 2 rings (SSSR count). The van der Waals surface area contributed by atoms with Gasteiger partial charge in [-0.1, -0.05) is 27.7 Å². The largest absolute Gasteiger partial charge is 0.289 e. The molecule has 118 valence electrons. The summed E-state index contributed by atoms with van der Waals surface area (Å²) in [6.45, 7) is 8.00. The zero-order chi connectivity index (χ0) is 17.1. The van der Waals surface area contributed by atoms with Crippen molar-refractivity contribution in [1.29, 1.82) is 0 Å². The molecule has 0 aliphatic carbocycles. The average molecular weight is 305 g/mol. The second-order valence-electron chi connectivity index (χ2n) is 3.64. The molecular formula is C17H20FNO3. The van der Waals surface area contributed by atoms with Crippen LogP contribution in [-0.4, -0.2) is 10.7 Å². The molecule has 0 aliphatic heterocycles. The Balaban J connectivity index is 0.00000102. The molecule has 4 nitrogen and oxygen atoms in total. The van der Waals surface area contributed by atoms with Crippen LogP contribution in [0.3, 0.4) is 0 Å². The number of nitro benzene ring substituents is 1. The lowest BCUT2D eigenvalue weighted by molar-refractivity contribution is -0.384. The molecule has 0 heterocycles. The number of carbonyl (C=O) groups excluding carboxylic acids is 1. The van der Waals surface area contributed by atoms with Crippen LogP contribution in [0.15, 0.2) is 48.5 Å². The zero-order valence-corrected chi connectivity index (χ0v) is 13.2. The van der Waals surface area contributed by atoms with E-state index in [-0.39, 0.29) is 11.5 Å². The summed E-state index contributed by atoms with van der Waals surface area (Å²) in [5.74, 6) is -0.722. The highest BCUT2D eigenvalue weighted by molar-refractivity contribution is 6.09. The number of nitrogens with zero attached hydrogens (tertiary/aromatic N) is 1. The highest BCUT2D eigenvalue weighted by atomic mass is 19.1. The van der Waals surface area contributed by atoms with E-state index in [4.69, 9.17) is 0 Å². The van der Waals surface area contributed by atoms with E-state index < -0.39 is 10.7 Å². The number of hydrogen-bond acceptors (Lipinski definition) is 3. The van der Waals surface area contributed by atoms with Gasteiger partial charge >= 0.3 is 0 Å². The Labute approximate surface area is 129 Å². The van der Waals surface area contributed by atoms with Crippen LogP contribution >= 0.6 is 0 Å². The minimum absolute atomic E-state index is 0.0781. The van der Waals surface area contributed by atoms with Crippen LogP contribution < -0.4 is 0 Å². The van der Waals surface area contributed by atoms with Crippen molar-refractivity contribution in [3.63, 3.8) is 0 Å². The highest BCUT2D eigenvalue weighted by Crippen LogP contribution is 2.15. The number of benzene rings is 2. The molecule has 0 amide bonds. The number of hydrogen-bond donors (Lipinski definition) is 0. The van der Waals surface area contributed by atoms with E-state index >= 15 is 0 Å². The van der Waals surface area contributed by atoms with Crippen LogP contribution in [0.5, 0.6) is 0 Å². The average Bonchev–Trinajstić information content (AvgIpc) is 2.58. The first-order valence-corrected chi connectivity index (χ1v) is 7.12. The Kier molecular flexibility index (Phi) is 9.02. The van der Waals surface area contributed by atoms with Gasteiger partial charge in [0.15, 0.2) is 5.78 Å². The molecule has 0 saturated heterocycles. The molecule has 0 aromatic heterocycles. The summed E-state index contributed by atoms with van der Waals surface area (Å²) in [4.78, 5) is 21.9.